The Kier molecular flexibility index (Phi) is 5.11. The molecule has 0 saturated carbocycles. The van der Waals surface area contributed by atoms with E-state index in [0.29, 0.717) is 0 Å². The average molecular weight is 255 g/mol. The summed E-state index contributed by atoms with van der Waals surface area (Å²) in [5, 5.41) is 12.6. The molecule has 1 aromatic carbocycles. The minimum absolute atomic E-state index is 0.0708. The van der Waals surface area contributed by atoms with Gasteiger partial charge < -0.3 is 15.2 Å². The summed E-state index contributed by atoms with van der Waals surface area (Å²) in [6.45, 7) is 7.84. The zero-order valence-corrected chi connectivity index (χ0v) is 11.5. The second-order valence-corrected chi connectivity index (χ2v) is 5.24. The van der Waals surface area contributed by atoms with E-state index in [0.717, 1.165) is 5.56 Å². The summed E-state index contributed by atoms with van der Waals surface area (Å²) in [6.07, 6.45) is 0. The number of hydrogen-bond donors (Lipinski definition) is 2. The predicted octanol–water partition coefficient (Wildman–Crippen LogP) is 2.26. The summed E-state index contributed by atoms with van der Waals surface area (Å²) in [5.74, 6) is -0.161. The predicted molar refractivity (Wildman–Crippen MR) is 70.4 cm³/mol. The summed E-state index contributed by atoms with van der Waals surface area (Å²) >= 11 is 0. The van der Waals surface area contributed by atoms with Gasteiger partial charge in [0.1, 0.15) is 6.61 Å². The van der Waals surface area contributed by atoms with E-state index in [1.165, 1.54) is 6.07 Å². The first kappa shape index (κ1) is 14.9. The number of halogens is 1. The van der Waals surface area contributed by atoms with Crippen molar-refractivity contribution < 1.29 is 14.2 Å². The van der Waals surface area contributed by atoms with Crippen molar-refractivity contribution in [2.24, 2.45) is 0 Å². The standard InChI is InChI=1S/C14H22FNO2/c1-10(2)16-14(4,8-17)9-18-13-7-11(3)5-6-12(13)15/h5-7,10,16-17H,8-9H2,1-4H3. The Morgan fingerprint density at radius 2 is 2.11 bits per heavy atom. The van der Waals surface area contributed by atoms with Crippen molar-refractivity contribution in [1.29, 1.82) is 0 Å². The molecule has 1 atom stereocenters. The molecule has 0 aromatic heterocycles. The van der Waals surface area contributed by atoms with Crippen molar-refractivity contribution in [2.45, 2.75) is 39.3 Å². The van der Waals surface area contributed by atoms with Crippen molar-refractivity contribution in [3.63, 3.8) is 0 Å². The van der Waals surface area contributed by atoms with Gasteiger partial charge in [0.05, 0.1) is 12.1 Å². The molecular weight excluding hydrogens is 233 g/mol. The molecule has 2 N–H and O–H groups in total. The van der Waals surface area contributed by atoms with Crippen molar-refractivity contribution in [3.8, 4) is 5.75 Å². The largest absolute Gasteiger partial charge is 0.488 e. The molecule has 1 rings (SSSR count). The number of aliphatic hydroxyl groups is 1. The third kappa shape index (κ3) is 4.27. The lowest BCUT2D eigenvalue weighted by Crippen LogP contribution is -2.53. The maximum atomic E-state index is 13.5. The molecule has 0 heterocycles. The van der Waals surface area contributed by atoms with Crippen LogP contribution in [0.4, 0.5) is 4.39 Å². The van der Waals surface area contributed by atoms with E-state index >= 15 is 0 Å². The van der Waals surface area contributed by atoms with Crippen LogP contribution in [0.25, 0.3) is 0 Å². The number of aryl methyl sites for hydroxylation is 1. The quantitative estimate of drug-likeness (QED) is 0.819. The monoisotopic (exact) mass is 255 g/mol. The number of ether oxygens (including phenoxy) is 1. The molecule has 0 aliphatic rings. The maximum absolute atomic E-state index is 13.5. The van der Waals surface area contributed by atoms with Crippen LogP contribution in [-0.4, -0.2) is 29.9 Å². The fourth-order valence-corrected chi connectivity index (χ4v) is 1.79. The van der Waals surface area contributed by atoms with Crippen LogP contribution >= 0.6 is 0 Å². The highest BCUT2D eigenvalue weighted by molar-refractivity contribution is 5.29. The molecule has 18 heavy (non-hydrogen) atoms. The average Bonchev–Trinajstić information content (AvgIpc) is 2.29. The number of aliphatic hydroxyl groups excluding tert-OH is 1. The van der Waals surface area contributed by atoms with E-state index < -0.39 is 5.54 Å². The second-order valence-electron chi connectivity index (χ2n) is 5.24. The highest BCUT2D eigenvalue weighted by Crippen LogP contribution is 2.19. The van der Waals surface area contributed by atoms with Gasteiger partial charge >= 0.3 is 0 Å². The number of rotatable bonds is 6. The van der Waals surface area contributed by atoms with Crippen LogP contribution in [0.1, 0.15) is 26.3 Å². The molecule has 0 aliphatic carbocycles. The van der Waals surface area contributed by atoms with Gasteiger partial charge in [-0.15, -0.1) is 0 Å². The topological polar surface area (TPSA) is 41.5 Å². The van der Waals surface area contributed by atoms with Gasteiger partial charge in [0, 0.05) is 6.04 Å². The van der Waals surface area contributed by atoms with Crippen LogP contribution in [-0.2, 0) is 0 Å². The molecule has 0 radical (unpaired) electrons. The van der Waals surface area contributed by atoms with E-state index in [1.807, 2.05) is 27.7 Å². The lowest BCUT2D eigenvalue weighted by Gasteiger charge is -2.31. The lowest BCUT2D eigenvalue weighted by molar-refractivity contribution is 0.106. The molecule has 0 aliphatic heterocycles. The van der Waals surface area contributed by atoms with Crippen molar-refractivity contribution >= 4 is 0 Å². The summed E-state index contributed by atoms with van der Waals surface area (Å²) < 4.78 is 19.0. The van der Waals surface area contributed by atoms with Gasteiger partial charge in [-0.1, -0.05) is 19.9 Å². The minimum atomic E-state index is -0.579. The molecule has 3 nitrogen and oxygen atoms in total. The highest BCUT2D eigenvalue weighted by atomic mass is 19.1. The molecule has 102 valence electrons. The highest BCUT2D eigenvalue weighted by Gasteiger charge is 2.25. The normalized spacial score (nSPS) is 14.6. The van der Waals surface area contributed by atoms with E-state index in [-0.39, 0.29) is 30.8 Å². The fraction of sp³-hybridized carbons (Fsp3) is 0.571. The number of hydrogen-bond acceptors (Lipinski definition) is 3. The summed E-state index contributed by atoms with van der Waals surface area (Å²) in [7, 11) is 0. The molecule has 0 spiro atoms. The Morgan fingerprint density at radius 3 is 2.67 bits per heavy atom. The smallest absolute Gasteiger partial charge is 0.165 e. The SMILES string of the molecule is Cc1ccc(F)c(OCC(C)(CO)NC(C)C)c1. The fourth-order valence-electron chi connectivity index (χ4n) is 1.79. The minimum Gasteiger partial charge on any atom is -0.488 e. The summed E-state index contributed by atoms with van der Waals surface area (Å²) in [5.41, 5.74) is 0.360. The first-order valence-electron chi connectivity index (χ1n) is 6.14. The van der Waals surface area contributed by atoms with Crippen LogP contribution < -0.4 is 10.1 Å². The van der Waals surface area contributed by atoms with Crippen LogP contribution in [0.2, 0.25) is 0 Å². The van der Waals surface area contributed by atoms with E-state index in [1.54, 1.807) is 12.1 Å². The Bertz CT molecular complexity index is 395. The van der Waals surface area contributed by atoms with Gasteiger partial charge in [-0.3, -0.25) is 0 Å². The van der Waals surface area contributed by atoms with Gasteiger partial charge in [0.2, 0.25) is 0 Å². The van der Waals surface area contributed by atoms with Gasteiger partial charge in [-0.05, 0) is 31.5 Å². The van der Waals surface area contributed by atoms with Gasteiger partial charge in [-0.25, -0.2) is 4.39 Å². The van der Waals surface area contributed by atoms with Gasteiger partial charge in [0.15, 0.2) is 11.6 Å². The zero-order valence-electron chi connectivity index (χ0n) is 11.5. The first-order chi connectivity index (χ1) is 8.36. The number of nitrogens with one attached hydrogen (secondary N) is 1. The Balaban J connectivity index is 2.70. The van der Waals surface area contributed by atoms with Crippen LogP contribution in [0.15, 0.2) is 18.2 Å². The van der Waals surface area contributed by atoms with Crippen LogP contribution in [0.3, 0.4) is 0 Å². The molecular formula is C14H22FNO2. The Labute approximate surface area is 108 Å². The lowest BCUT2D eigenvalue weighted by atomic mass is 10.0. The molecule has 0 bridgehead atoms. The molecule has 1 aromatic rings. The molecule has 0 fully saturated rings. The molecule has 0 amide bonds. The molecule has 1 unspecified atom stereocenters. The van der Waals surface area contributed by atoms with Crippen molar-refractivity contribution in [2.75, 3.05) is 13.2 Å². The van der Waals surface area contributed by atoms with E-state index in [4.69, 9.17) is 4.74 Å². The number of benzene rings is 1. The van der Waals surface area contributed by atoms with E-state index in [2.05, 4.69) is 5.32 Å². The van der Waals surface area contributed by atoms with Crippen LogP contribution in [0, 0.1) is 12.7 Å². The third-order valence-corrected chi connectivity index (χ3v) is 2.62. The molecule has 4 heteroatoms. The summed E-state index contributed by atoms with van der Waals surface area (Å²) in [4.78, 5) is 0. The first-order valence-corrected chi connectivity index (χ1v) is 6.14. The Hall–Kier alpha value is -1.13. The zero-order chi connectivity index (χ0) is 13.8. The second kappa shape index (κ2) is 6.16. The van der Waals surface area contributed by atoms with Crippen LogP contribution in [0.5, 0.6) is 5.75 Å². The maximum Gasteiger partial charge on any atom is 0.165 e. The van der Waals surface area contributed by atoms with Crippen molar-refractivity contribution in [1.82, 2.24) is 5.32 Å². The summed E-state index contributed by atoms with van der Waals surface area (Å²) in [6, 6.07) is 4.95. The third-order valence-electron chi connectivity index (χ3n) is 2.62. The Morgan fingerprint density at radius 1 is 1.44 bits per heavy atom. The van der Waals surface area contributed by atoms with Gasteiger partial charge in [-0.2, -0.15) is 0 Å². The van der Waals surface area contributed by atoms with E-state index in [9.17, 15) is 9.50 Å². The molecule has 0 saturated heterocycles. The van der Waals surface area contributed by atoms with Crippen molar-refractivity contribution in [3.05, 3.63) is 29.6 Å². The van der Waals surface area contributed by atoms with Gasteiger partial charge in [0.25, 0.3) is 0 Å².